The number of nitrogens with one attached hydrogen (secondary N) is 1. The maximum atomic E-state index is 12.8. The fourth-order valence-electron chi connectivity index (χ4n) is 3.87. The maximum Gasteiger partial charge on any atom is 0.255 e. The number of hydrogen-bond donors (Lipinski definition) is 1. The summed E-state index contributed by atoms with van der Waals surface area (Å²) < 4.78 is 5.68. The van der Waals surface area contributed by atoms with Gasteiger partial charge in [-0.1, -0.05) is 25.5 Å². The zero-order valence-corrected chi connectivity index (χ0v) is 21.2. The van der Waals surface area contributed by atoms with Crippen LogP contribution in [0.25, 0.3) is 0 Å². The minimum absolute atomic E-state index is 0.0771. The molecule has 1 saturated heterocycles. The first-order valence-corrected chi connectivity index (χ1v) is 12.9. The zero-order chi connectivity index (χ0) is 24.8. The predicted octanol–water partition coefficient (Wildman–Crippen LogP) is 5.96. The van der Waals surface area contributed by atoms with E-state index in [2.05, 4.69) is 12.2 Å². The van der Waals surface area contributed by atoms with Gasteiger partial charge in [0.1, 0.15) is 11.1 Å². The average molecular weight is 490 g/mol. The Morgan fingerprint density at radius 3 is 2.51 bits per heavy atom. The van der Waals surface area contributed by atoms with Gasteiger partial charge in [0.2, 0.25) is 5.91 Å². The predicted molar refractivity (Wildman–Crippen MR) is 145 cm³/mol. The van der Waals surface area contributed by atoms with Gasteiger partial charge in [0.25, 0.3) is 5.91 Å². The number of rotatable bonds is 9. The third-order valence-electron chi connectivity index (χ3n) is 5.82. The van der Waals surface area contributed by atoms with E-state index in [1.165, 1.54) is 0 Å². The molecule has 1 fully saturated rings. The molecule has 7 heteroatoms. The number of anilines is 3. The molecule has 0 radical (unpaired) electrons. The molecule has 1 aliphatic heterocycles. The lowest BCUT2D eigenvalue weighted by Crippen LogP contribution is -2.27. The van der Waals surface area contributed by atoms with Crippen molar-refractivity contribution >= 4 is 40.6 Å². The molecule has 1 heterocycles. The summed E-state index contributed by atoms with van der Waals surface area (Å²) in [7, 11) is 3.98. The van der Waals surface area contributed by atoms with Crippen molar-refractivity contribution in [1.82, 2.24) is 0 Å². The highest BCUT2D eigenvalue weighted by Crippen LogP contribution is 2.42. The van der Waals surface area contributed by atoms with Gasteiger partial charge in [-0.05, 0) is 72.6 Å². The van der Waals surface area contributed by atoms with Crippen LogP contribution in [0.1, 0.15) is 41.1 Å². The van der Waals surface area contributed by atoms with E-state index in [-0.39, 0.29) is 17.2 Å². The van der Waals surface area contributed by atoms with Gasteiger partial charge < -0.3 is 15.0 Å². The largest absolute Gasteiger partial charge is 0.494 e. The lowest BCUT2D eigenvalue weighted by molar-refractivity contribution is -0.115. The summed E-state index contributed by atoms with van der Waals surface area (Å²) in [6, 6.07) is 22.9. The van der Waals surface area contributed by atoms with E-state index in [9.17, 15) is 9.59 Å². The highest BCUT2D eigenvalue weighted by atomic mass is 32.2. The molecule has 35 heavy (non-hydrogen) atoms. The van der Waals surface area contributed by atoms with Gasteiger partial charge in [0.05, 0.1) is 12.4 Å². The second-order valence-corrected chi connectivity index (χ2v) is 9.71. The normalized spacial score (nSPS) is 15.2. The number of carbonyl (C=O) groups excluding carboxylic acids is 2. The first-order valence-electron chi connectivity index (χ1n) is 11.8. The number of unbranched alkanes of at least 4 members (excludes halogenated alkanes) is 1. The van der Waals surface area contributed by atoms with Gasteiger partial charge >= 0.3 is 0 Å². The van der Waals surface area contributed by atoms with Crippen molar-refractivity contribution < 1.29 is 14.3 Å². The smallest absolute Gasteiger partial charge is 0.255 e. The molecule has 1 atom stereocenters. The van der Waals surface area contributed by atoms with Crippen LogP contribution >= 0.6 is 11.8 Å². The van der Waals surface area contributed by atoms with Crippen molar-refractivity contribution in [3.8, 4) is 5.75 Å². The highest BCUT2D eigenvalue weighted by Gasteiger charge is 2.34. The number of benzene rings is 3. The van der Waals surface area contributed by atoms with Crippen LogP contribution in [0.2, 0.25) is 0 Å². The lowest BCUT2D eigenvalue weighted by Gasteiger charge is -2.25. The zero-order valence-electron chi connectivity index (χ0n) is 20.4. The number of ether oxygens (including phenoxy) is 1. The van der Waals surface area contributed by atoms with Crippen LogP contribution in [0.15, 0.2) is 72.8 Å². The van der Waals surface area contributed by atoms with Crippen LogP contribution in [0.3, 0.4) is 0 Å². The number of nitrogens with zero attached hydrogens (tertiary/aromatic N) is 2. The first kappa shape index (κ1) is 24.7. The Morgan fingerprint density at radius 1 is 1.09 bits per heavy atom. The van der Waals surface area contributed by atoms with Crippen molar-refractivity contribution in [2.75, 3.05) is 41.6 Å². The van der Waals surface area contributed by atoms with Crippen molar-refractivity contribution in [1.29, 1.82) is 0 Å². The molecule has 0 saturated carbocycles. The van der Waals surface area contributed by atoms with E-state index in [0.29, 0.717) is 23.6 Å². The fraction of sp³-hybridized carbons (Fsp3) is 0.286. The second-order valence-electron chi connectivity index (χ2n) is 8.64. The molecule has 182 valence electrons. The Balaban J connectivity index is 1.47. The molecular weight excluding hydrogens is 458 g/mol. The quantitative estimate of drug-likeness (QED) is 0.376. The van der Waals surface area contributed by atoms with Gasteiger partial charge in [-0.3, -0.25) is 14.5 Å². The molecule has 0 bridgehead atoms. The molecule has 3 aromatic carbocycles. The fourth-order valence-corrected chi connectivity index (χ4v) is 5.04. The molecule has 0 spiro atoms. The second kappa shape index (κ2) is 11.3. The van der Waals surface area contributed by atoms with Crippen molar-refractivity contribution in [3.63, 3.8) is 0 Å². The van der Waals surface area contributed by atoms with Gasteiger partial charge in [-0.2, -0.15) is 0 Å². The summed E-state index contributed by atoms with van der Waals surface area (Å²) in [5.41, 5.74) is 4.17. The van der Waals surface area contributed by atoms with Crippen LogP contribution < -0.4 is 19.9 Å². The summed E-state index contributed by atoms with van der Waals surface area (Å²) in [4.78, 5) is 29.4. The van der Waals surface area contributed by atoms with E-state index >= 15 is 0 Å². The number of carbonyl (C=O) groups is 2. The summed E-state index contributed by atoms with van der Waals surface area (Å²) in [5.74, 6) is 1.07. The van der Waals surface area contributed by atoms with Crippen LogP contribution in [0.4, 0.5) is 17.1 Å². The molecule has 3 aromatic rings. The number of amides is 2. The van der Waals surface area contributed by atoms with Crippen molar-refractivity contribution in [2.45, 2.75) is 25.1 Å². The molecule has 6 nitrogen and oxygen atoms in total. The third kappa shape index (κ3) is 5.98. The lowest BCUT2D eigenvalue weighted by atomic mass is 10.1. The van der Waals surface area contributed by atoms with Gasteiger partial charge in [-0.25, -0.2) is 0 Å². The van der Waals surface area contributed by atoms with Gasteiger partial charge in [-0.15, -0.1) is 11.8 Å². The summed E-state index contributed by atoms with van der Waals surface area (Å²) in [6.07, 6.45) is 2.08. The monoisotopic (exact) mass is 489 g/mol. The minimum atomic E-state index is -0.187. The first-order chi connectivity index (χ1) is 17.0. The molecule has 1 unspecified atom stereocenters. The summed E-state index contributed by atoms with van der Waals surface area (Å²) >= 11 is 1.59. The molecule has 0 aromatic heterocycles. The Kier molecular flexibility index (Phi) is 7.98. The van der Waals surface area contributed by atoms with Crippen molar-refractivity contribution in [3.05, 3.63) is 83.9 Å². The summed E-state index contributed by atoms with van der Waals surface area (Å²) in [6.45, 7) is 2.79. The SMILES string of the molecule is CCCCOc1ccc(C(=O)Nc2cccc(C3SCC(=O)N3c3ccc(N(C)C)cc3)c2)cc1. The van der Waals surface area contributed by atoms with E-state index < -0.39 is 0 Å². The van der Waals surface area contributed by atoms with Crippen LogP contribution in [0, 0.1) is 0 Å². The van der Waals surface area contributed by atoms with Crippen LogP contribution in [0.5, 0.6) is 5.75 Å². The van der Waals surface area contributed by atoms with E-state index in [1.807, 2.05) is 84.6 Å². The Bertz CT molecular complexity index is 1160. The standard InChI is InChI=1S/C28H31N3O3S/c1-4-5-17-34-25-15-9-20(10-16-25)27(33)29-22-8-6-7-21(18-22)28-31(26(32)19-35-28)24-13-11-23(12-14-24)30(2)3/h6-16,18,28H,4-5,17,19H2,1-3H3,(H,29,33). The van der Waals surface area contributed by atoms with Crippen molar-refractivity contribution in [2.24, 2.45) is 0 Å². The molecular formula is C28H31N3O3S. The van der Waals surface area contributed by atoms with E-state index in [4.69, 9.17) is 4.74 Å². The van der Waals surface area contributed by atoms with Gasteiger partial charge in [0.15, 0.2) is 0 Å². The van der Waals surface area contributed by atoms with Crippen LogP contribution in [-0.4, -0.2) is 38.3 Å². The minimum Gasteiger partial charge on any atom is -0.494 e. The molecule has 2 amide bonds. The molecule has 1 aliphatic rings. The average Bonchev–Trinajstić information content (AvgIpc) is 3.26. The van der Waals surface area contributed by atoms with Crippen LogP contribution in [-0.2, 0) is 4.79 Å². The molecule has 0 aliphatic carbocycles. The van der Waals surface area contributed by atoms with Gasteiger partial charge in [0, 0.05) is 36.7 Å². The van der Waals surface area contributed by atoms with E-state index in [0.717, 1.165) is 35.5 Å². The maximum absolute atomic E-state index is 12.8. The summed E-state index contributed by atoms with van der Waals surface area (Å²) in [5, 5.41) is 2.83. The Labute approximate surface area is 211 Å². The third-order valence-corrected chi connectivity index (χ3v) is 7.04. The number of thioether (sulfide) groups is 1. The molecule has 4 rings (SSSR count). The topological polar surface area (TPSA) is 61.9 Å². The Hall–Kier alpha value is -3.45. The highest BCUT2D eigenvalue weighted by molar-refractivity contribution is 8.00. The van der Waals surface area contributed by atoms with E-state index in [1.54, 1.807) is 23.9 Å². The number of hydrogen-bond acceptors (Lipinski definition) is 5. The molecule has 1 N–H and O–H groups in total. The Morgan fingerprint density at radius 2 is 1.83 bits per heavy atom.